The molecule has 1 aromatic rings. The molecule has 24 heavy (non-hydrogen) atoms. The Labute approximate surface area is 144 Å². The predicted octanol–water partition coefficient (Wildman–Crippen LogP) is 2.01. The highest BCUT2D eigenvalue weighted by molar-refractivity contribution is 7.89. The van der Waals surface area contributed by atoms with Gasteiger partial charge in [-0.2, -0.15) is 0 Å². The largest absolute Gasteiger partial charge is 0.372 e. The van der Waals surface area contributed by atoms with Gasteiger partial charge in [0.2, 0.25) is 10.0 Å². The molecule has 6 nitrogen and oxygen atoms in total. The Morgan fingerprint density at radius 1 is 1.25 bits per heavy atom. The summed E-state index contributed by atoms with van der Waals surface area (Å²) in [5.41, 5.74) is 0.485. The van der Waals surface area contributed by atoms with Gasteiger partial charge in [0.25, 0.3) is 5.91 Å². The number of sulfonamides is 1. The van der Waals surface area contributed by atoms with Gasteiger partial charge in [-0.15, -0.1) is 0 Å². The van der Waals surface area contributed by atoms with Crippen LogP contribution >= 0.6 is 0 Å². The first-order valence-electron chi connectivity index (χ1n) is 8.30. The predicted molar refractivity (Wildman–Crippen MR) is 92.4 cm³/mol. The van der Waals surface area contributed by atoms with Crippen LogP contribution in [0, 0.1) is 0 Å². The Bertz CT molecular complexity index is 662. The Morgan fingerprint density at radius 2 is 1.79 bits per heavy atom. The third-order valence-electron chi connectivity index (χ3n) is 4.09. The number of hydrogen-bond acceptors (Lipinski definition) is 4. The highest BCUT2D eigenvalue weighted by Gasteiger charge is 2.27. The topological polar surface area (TPSA) is 75.7 Å². The van der Waals surface area contributed by atoms with Crippen molar-refractivity contribution in [2.75, 3.05) is 13.1 Å². The van der Waals surface area contributed by atoms with Gasteiger partial charge in [-0.3, -0.25) is 4.79 Å². The first kappa shape index (κ1) is 18.9. The summed E-state index contributed by atoms with van der Waals surface area (Å²) in [6, 6.07) is 5.96. The average molecular weight is 354 g/mol. The number of benzene rings is 1. The minimum atomic E-state index is -3.55. The summed E-state index contributed by atoms with van der Waals surface area (Å²) in [6.45, 7) is 8.69. The van der Waals surface area contributed by atoms with Gasteiger partial charge in [-0.05, 0) is 51.5 Å². The van der Waals surface area contributed by atoms with Gasteiger partial charge in [-0.25, -0.2) is 13.1 Å². The lowest BCUT2D eigenvalue weighted by Gasteiger charge is -2.35. The van der Waals surface area contributed by atoms with Gasteiger partial charge in [0, 0.05) is 24.7 Å². The van der Waals surface area contributed by atoms with E-state index in [1.54, 1.807) is 17.0 Å². The molecule has 3 atom stereocenters. The molecule has 1 fully saturated rings. The van der Waals surface area contributed by atoms with E-state index in [9.17, 15) is 13.2 Å². The first-order valence-corrected chi connectivity index (χ1v) is 9.78. The molecule has 0 radical (unpaired) electrons. The fourth-order valence-corrected chi connectivity index (χ4v) is 4.05. The smallest absolute Gasteiger partial charge is 0.254 e. The molecule has 1 aliphatic heterocycles. The second-order valence-electron chi connectivity index (χ2n) is 6.42. The van der Waals surface area contributed by atoms with Crippen molar-refractivity contribution in [2.45, 2.75) is 57.3 Å². The number of carbonyl (C=O) groups is 1. The van der Waals surface area contributed by atoms with Crippen LogP contribution in [-0.4, -0.2) is 50.6 Å². The van der Waals surface area contributed by atoms with Crippen LogP contribution in [0.1, 0.15) is 44.5 Å². The van der Waals surface area contributed by atoms with Crippen molar-refractivity contribution < 1.29 is 17.9 Å². The highest BCUT2D eigenvalue weighted by atomic mass is 32.2. The van der Waals surface area contributed by atoms with E-state index in [0.29, 0.717) is 25.1 Å². The second kappa shape index (κ2) is 7.63. The van der Waals surface area contributed by atoms with Gasteiger partial charge >= 0.3 is 0 Å². The fraction of sp³-hybridized carbons (Fsp3) is 0.588. The number of rotatable bonds is 5. The summed E-state index contributed by atoms with van der Waals surface area (Å²) in [5, 5.41) is 0. The zero-order chi connectivity index (χ0) is 17.9. The summed E-state index contributed by atoms with van der Waals surface area (Å²) >= 11 is 0. The molecule has 1 heterocycles. The summed E-state index contributed by atoms with van der Waals surface area (Å²) < 4.78 is 32.7. The monoisotopic (exact) mass is 354 g/mol. The second-order valence-corrected chi connectivity index (χ2v) is 8.14. The lowest BCUT2D eigenvalue weighted by atomic mass is 10.1. The molecule has 1 saturated heterocycles. The van der Waals surface area contributed by atoms with Crippen molar-refractivity contribution in [3.63, 3.8) is 0 Å². The van der Waals surface area contributed by atoms with Crippen LogP contribution in [0.2, 0.25) is 0 Å². The van der Waals surface area contributed by atoms with Crippen molar-refractivity contribution in [1.29, 1.82) is 0 Å². The van der Waals surface area contributed by atoms with Crippen LogP contribution in [0.4, 0.5) is 0 Å². The van der Waals surface area contributed by atoms with Crippen LogP contribution in [0.3, 0.4) is 0 Å². The SMILES string of the molecule is CC[C@@H](C)NS(=O)(=O)c1ccc(C(=O)N2C[C@@H](C)O[C@@H](C)C2)cc1. The minimum Gasteiger partial charge on any atom is -0.372 e. The molecule has 2 rings (SSSR count). The quantitative estimate of drug-likeness (QED) is 0.878. The maximum atomic E-state index is 12.6. The van der Waals surface area contributed by atoms with E-state index >= 15 is 0 Å². The number of amides is 1. The zero-order valence-electron chi connectivity index (χ0n) is 14.7. The maximum Gasteiger partial charge on any atom is 0.254 e. The lowest BCUT2D eigenvalue weighted by Crippen LogP contribution is -2.48. The van der Waals surface area contributed by atoms with Crippen LogP contribution in [0.5, 0.6) is 0 Å². The standard InChI is InChI=1S/C17H26N2O4S/c1-5-12(2)18-24(21,22)16-8-6-15(7-9-16)17(20)19-10-13(3)23-14(4)11-19/h6-9,12-14,18H,5,10-11H2,1-4H3/t12-,13-,14+/m1/s1. The van der Waals surface area contributed by atoms with E-state index < -0.39 is 10.0 Å². The summed E-state index contributed by atoms with van der Waals surface area (Å²) in [5.74, 6) is -0.101. The van der Waals surface area contributed by atoms with Crippen LogP contribution in [-0.2, 0) is 14.8 Å². The Kier molecular flexibility index (Phi) is 6.01. The molecule has 134 valence electrons. The number of hydrogen-bond donors (Lipinski definition) is 1. The van der Waals surface area contributed by atoms with Crippen molar-refractivity contribution in [3.8, 4) is 0 Å². The van der Waals surface area contributed by atoms with Gasteiger partial charge in [0.05, 0.1) is 17.1 Å². The molecule has 1 aliphatic rings. The molecule has 0 spiro atoms. The zero-order valence-corrected chi connectivity index (χ0v) is 15.5. The number of nitrogens with zero attached hydrogens (tertiary/aromatic N) is 1. The minimum absolute atomic E-state index is 0.00270. The Balaban J connectivity index is 2.13. The van der Waals surface area contributed by atoms with Gasteiger partial charge < -0.3 is 9.64 Å². The fourth-order valence-electron chi connectivity index (χ4n) is 2.72. The molecule has 0 aromatic heterocycles. The van der Waals surface area contributed by atoms with Crippen LogP contribution < -0.4 is 4.72 Å². The summed E-state index contributed by atoms with van der Waals surface area (Å²) in [4.78, 5) is 14.5. The molecule has 7 heteroatoms. The van der Waals surface area contributed by atoms with E-state index in [1.807, 2.05) is 27.7 Å². The summed E-state index contributed by atoms with van der Waals surface area (Å²) in [7, 11) is -3.55. The van der Waals surface area contributed by atoms with Crippen molar-refractivity contribution in [3.05, 3.63) is 29.8 Å². The van der Waals surface area contributed by atoms with E-state index in [2.05, 4.69) is 4.72 Å². The van der Waals surface area contributed by atoms with Gasteiger partial charge in [0.15, 0.2) is 0 Å². The Morgan fingerprint density at radius 3 is 2.29 bits per heavy atom. The Hall–Kier alpha value is -1.44. The van der Waals surface area contributed by atoms with E-state index in [1.165, 1.54) is 12.1 Å². The number of carbonyl (C=O) groups excluding carboxylic acids is 1. The number of nitrogens with one attached hydrogen (secondary N) is 1. The molecule has 1 amide bonds. The van der Waals surface area contributed by atoms with Crippen LogP contribution in [0.15, 0.2) is 29.2 Å². The molecule has 0 unspecified atom stereocenters. The molecule has 0 aliphatic carbocycles. The lowest BCUT2D eigenvalue weighted by molar-refractivity contribution is -0.0586. The molecule has 1 aromatic carbocycles. The van der Waals surface area contributed by atoms with Crippen molar-refractivity contribution in [1.82, 2.24) is 9.62 Å². The molecule has 0 bridgehead atoms. The summed E-state index contributed by atoms with van der Waals surface area (Å²) in [6.07, 6.45) is 0.706. The van der Waals surface area contributed by atoms with Crippen LogP contribution in [0.25, 0.3) is 0 Å². The first-order chi connectivity index (χ1) is 11.2. The maximum absolute atomic E-state index is 12.6. The third-order valence-corrected chi connectivity index (χ3v) is 5.69. The van der Waals surface area contributed by atoms with Crippen molar-refractivity contribution >= 4 is 15.9 Å². The average Bonchev–Trinajstić information content (AvgIpc) is 2.53. The third kappa shape index (κ3) is 4.55. The normalized spacial score (nSPS) is 23.1. The molecule has 1 N–H and O–H groups in total. The molecular formula is C17H26N2O4S. The van der Waals surface area contributed by atoms with E-state index in [0.717, 1.165) is 0 Å². The number of ether oxygens (including phenoxy) is 1. The highest BCUT2D eigenvalue weighted by Crippen LogP contribution is 2.17. The van der Waals surface area contributed by atoms with Gasteiger partial charge in [-0.1, -0.05) is 6.92 Å². The number of morpholine rings is 1. The molecular weight excluding hydrogens is 328 g/mol. The van der Waals surface area contributed by atoms with Crippen molar-refractivity contribution in [2.24, 2.45) is 0 Å². The van der Waals surface area contributed by atoms with E-state index in [-0.39, 0.29) is 29.1 Å². The molecule has 0 saturated carbocycles. The van der Waals surface area contributed by atoms with Gasteiger partial charge in [0.1, 0.15) is 0 Å². The van der Waals surface area contributed by atoms with E-state index in [4.69, 9.17) is 4.74 Å².